The third kappa shape index (κ3) is 11.1. The molecule has 6 unspecified atom stereocenters. The van der Waals surface area contributed by atoms with Crippen molar-refractivity contribution in [3.8, 4) is 0 Å². The maximum Gasteiger partial charge on any atom is 0.328 e. The lowest BCUT2D eigenvalue weighted by Crippen LogP contribution is -2.59. The third-order valence-electron chi connectivity index (χ3n) is 5.21. The summed E-state index contributed by atoms with van der Waals surface area (Å²) in [7, 11) is 0. The van der Waals surface area contributed by atoms with Gasteiger partial charge < -0.3 is 37.6 Å². The number of carboxylic acid groups (broad SMARTS) is 1. The van der Waals surface area contributed by atoms with Crippen LogP contribution in [0.25, 0.3) is 0 Å². The van der Waals surface area contributed by atoms with E-state index < -0.39 is 59.9 Å². The summed E-state index contributed by atoms with van der Waals surface area (Å²) in [6, 6.07) is -4.78. The molecule has 6 atom stereocenters. The van der Waals surface area contributed by atoms with Gasteiger partial charge in [0.2, 0.25) is 23.6 Å². The number of aliphatic hydroxyl groups excluding tert-OH is 1. The summed E-state index contributed by atoms with van der Waals surface area (Å²) in [4.78, 5) is 60.7. The zero-order valence-corrected chi connectivity index (χ0v) is 20.0. The zero-order chi connectivity index (χ0) is 25.9. The lowest BCUT2D eigenvalue weighted by molar-refractivity contribution is -0.145. The summed E-state index contributed by atoms with van der Waals surface area (Å²) in [6.45, 7) is 8.56. The standard InChI is InChI=1S/C21H39N5O7/c1-6-11(4)16(25-18(29)13(22)9-10(2)3)20(31)24-14(7-8-15(23)28)19(30)26-17(12(5)27)21(32)33/h10-14,16-17,27H,6-9,22H2,1-5H3,(H2,23,28)(H,24,31)(H,25,29)(H,26,30)(H,32,33). The van der Waals surface area contributed by atoms with E-state index in [1.807, 2.05) is 20.8 Å². The molecule has 0 aromatic heterocycles. The highest BCUT2D eigenvalue weighted by Gasteiger charge is 2.33. The second-order valence-corrected chi connectivity index (χ2v) is 8.74. The normalized spacial score (nSPS) is 16.6. The number of carbonyl (C=O) groups excluding carboxylic acids is 4. The molecule has 9 N–H and O–H groups in total. The van der Waals surface area contributed by atoms with Gasteiger partial charge in [-0.2, -0.15) is 0 Å². The fourth-order valence-electron chi connectivity index (χ4n) is 3.04. The predicted octanol–water partition coefficient (Wildman–Crippen LogP) is -1.41. The number of nitrogens with one attached hydrogen (secondary N) is 3. The molecule has 0 fully saturated rings. The van der Waals surface area contributed by atoms with Crippen molar-refractivity contribution in [3.05, 3.63) is 0 Å². The second kappa shape index (κ2) is 14.4. The first kappa shape index (κ1) is 30.3. The largest absolute Gasteiger partial charge is 0.480 e. The summed E-state index contributed by atoms with van der Waals surface area (Å²) in [5.41, 5.74) is 11.1. The second-order valence-electron chi connectivity index (χ2n) is 8.74. The molecule has 0 aromatic carbocycles. The molecule has 0 aliphatic carbocycles. The Labute approximate surface area is 194 Å². The van der Waals surface area contributed by atoms with Crippen LogP contribution in [0, 0.1) is 11.8 Å². The Morgan fingerprint density at radius 1 is 0.879 bits per heavy atom. The van der Waals surface area contributed by atoms with Crippen molar-refractivity contribution in [2.45, 2.75) is 90.6 Å². The molecule has 0 aliphatic rings. The number of carbonyl (C=O) groups is 5. The van der Waals surface area contributed by atoms with Gasteiger partial charge in [-0.15, -0.1) is 0 Å². The van der Waals surface area contributed by atoms with Gasteiger partial charge in [0.05, 0.1) is 12.1 Å². The first-order valence-electron chi connectivity index (χ1n) is 11.1. The molecule has 0 spiro atoms. The molecule has 0 radical (unpaired) electrons. The summed E-state index contributed by atoms with van der Waals surface area (Å²) in [5.74, 6) is -4.46. The summed E-state index contributed by atoms with van der Waals surface area (Å²) >= 11 is 0. The average Bonchev–Trinajstić information content (AvgIpc) is 2.70. The minimum atomic E-state index is -1.62. The molecule has 33 heavy (non-hydrogen) atoms. The van der Waals surface area contributed by atoms with Crippen LogP contribution in [0.1, 0.15) is 60.3 Å². The number of primary amides is 1. The lowest BCUT2D eigenvalue weighted by Gasteiger charge is -2.28. The first-order valence-corrected chi connectivity index (χ1v) is 11.1. The molecule has 0 bridgehead atoms. The maximum atomic E-state index is 13.0. The molecule has 0 rings (SSSR count). The summed E-state index contributed by atoms with van der Waals surface area (Å²) in [6.07, 6.45) is -0.926. The number of hydrogen-bond acceptors (Lipinski definition) is 7. The van der Waals surface area contributed by atoms with Crippen LogP contribution in [-0.2, 0) is 24.0 Å². The van der Waals surface area contributed by atoms with E-state index in [0.29, 0.717) is 12.8 Å². The average molecular weight is 474 g/mol. The van der Waals surface area contributed by atoms with Crippen LogP contribution in [-0.4, -0.2) is 70.1 Å². The number of amides is 4. The quantitative estimate of drug-likeness (QED) is 0.150. The number of aliphatic carboxylic acids is 1. The lowest BCUT2D eigenvalue weighted by atomic mass is 9.96. The minimum absolute atomic E-state index is 0.166. The Hall–Kier alpha value is -2.73. The van der Waals surface area contributed by atoms with E-state index in [1.165, 1.54) is 6.92 Å². The molecular formula is C21H39N5O7. The van der Waals surface area contributed by atoms with E-state index in [4.69, 9.17) is 11.5 Å². The van der Waals surface area contributed by atoms with E-state index in [2.05, 4.69) is 16.0 Å². The monoisotopic (exact) mass is 473 g/mol. The Morgan fingerprint density at radius 2 is 1.42 bits per heavy atom. The highest BCUT2D eigenvalue weighted by atomic mass is 16.4. The smallest absolute Gasteiger partial charge is 0.328 e. The van der Waals surface area contributed by atoms with Gasteiger partial charge in [-0.3, -0.25) is 19.2 Å². The molecule has 190 valence electrons. The van der Waals surface area contributed by atoms with Crippen LogP contribution in [0.5, 0.6) is 0 Å². The molecular weight excluding hydrogens is 434 g/mol. The number of rotatable bonds is 15. The third-order valence-corrected chi connectivity index (χ3v) is 5.21. The Balaban J connectivity index is 5.61. The number of nitrogens with two attached hydrogens (primary N) is 2. The molecule has 0 saturated heterocycles. The highest BCUT2D eigenvalue weighted by Crippen LogP contribution is 2.11. The van der Waals surface area contributed by atoms with Crippen molar-refractivity contribution in [1.29, 1.82) is 0 Å². The van der Waals surface area contributed by atoms with Gasteiger partial charge in [-0.1, -0.05) is 34.1 Å². The maximum absolute atomic E-state index is 13.0. The number of aliphatic hydroxyl groups is 1. The molecule has 0 heterocycles. The van der Waals surface area contributed by atoms with Crippen LogP contribution < -0.4 is 27.4 Å². The van der Waals surface area contributed by atoms with E-state index in [-0.39, 0.29) is 24.7 Å². The van der Waals surface area contributed by atoms with Gasteiger partial charge in [0.15, 0.2) is 6.04 Å². The fourth-order valence-corrected chi connectivity index (χ4v) is 3.04. The van der Waals surface area contributed by atoms with Gasteiger partial charge in [0.25, 0.3) is 0 Å². The summed E-state index contributed by atoms with van der Waals surface area (Å²) < 4.78 is 0. The van der Waals surface area contributed by atoms with Crippen molar-refractivity contribution in [2.24, 2.45) is 23.3 Å². The fraction of sp³-hybridized carbons (Fsp3) is 0.762. The summed E-state index contributed by atoms with van der Waals surface area (Å²) in [5, 5.41) is 26.0. The molecule has 12 heteroatoms. The number of carboxylic acids is 1. The minimum Gasteiger partial charge on any atom is -0.480 e. The van der Waals surface area contributed by atoms with Gasteiger partial charge in [-0.25, -0.2) is 4.79 Å². The van der Waals surface area contributed by atoms with E-state index in [1.54, 1.807) is 6.92 Å². The van der Waals surface area contributed by atoms with Crippen molar-refractivity contribution in [2.75, 3.05) is 0 Å². The van der Waals surface area contributed by atoms with Gasteiger partial charge in [-0.05, 0) is 31.6 Å². The topological polar surface area (TPSA) is 214 Å². The SMILES string of the molecule is CCC(C)C(NC(=O)C(N)CC(C)C)C(=O)NC(CCC(N)=O)C(=O)NC(C(=O)O)C(C)O. The van der Waals surface area contributed by atoms with Crippen molar-refractivity contribution >= 4 is 29.6 Å². The van der Waals surface area contributed by atoms with Crippen molar-refractivity contribution in [3.63, 3.8) is 0 Å². The van der Waals surface area contributed by atoms with E-state index in [0.717, 1.165) is 0 Å². The van der Waals surface area contributed by atoms with Crippen molar-refractivity contribution < 1.29 is 34.2 Å². The molecule has 0 saturated carbocycles. The Morgan fingerprint density at radius 3 is 1.85 bits per heavy atom. The van der Waals surface area contributed by atoms with Crippen molar-refractivity contribution in [1.82, 2.24) is 16.0 Å². The van der Waals surface area contributed by atoms with Gasteiger partial charge >= 0.3 is 5.97 Å². The molecule has 0 aliphatic heterocycles. The van der Waals surface area contributed by atoms with Gasteiger partial charge in [0, 0.05) is 6.42 Å². The van der Waals surface area contributed by atoms with E-state index in [9.17, 15) is 34.2 Å². The highest BCUT2D eigenvalue weighted by molar-refractivity contribution is 5.94. The Kier molecular flexibility index (Phi) is 13.2. The Bertz CT molecular complexity index is 698. The van der Waals surface area contributed by atoms with Crippen LogP contribution in [0.4, 0.5) is 0 Å². The number of hydrogen-bond donors (Lipinski definition) is 7. The zero-order valence-electron chi connectivity index (χ0n) is 20.0. The van der Waals surface area contributed by atoms with Gasteiger partial charge in [0.1, 0.15) is 12.1 Å². The van der Waals surface area contributed by atoms with Crippen LogP contribution in [0.15, 0.2) is 0 Å². The molecule has 0 aromatic rings. The van der Waals surface area contributed by atoms with Crippen LogP contribution in [0.2, 0.25) is 0 Å². The predicted molar refractivity (Wildman–Crippen MR) is 120 cm³/mol. The first-order chi connectivity index (χ1) is 15.2. The molecule has 12 nitrogen and oxygen atoms in total. The van der Waals surface area contributed by atoms with E-state index >= 15 is 0 Å². The van der Waals surface area contributed by atoms with Crippen LogP contribution >= 0.6 is 0 Å². The van der Waals surface area contributed by atoms with Crippen LogP contribution in [0.3, 0.4) is 0 Å². The molecule has 4 amide bonds.